The molecule has 1 aromatic carbocycles. The molecule has 1 aliphatic heterocycles. The fourth-order valence-corrected chi connectivity index (χ4v) is 6.39. The van der Waals surface area contributed by atoms with E-state index in [0.717, 1.165) is 46.3 Å². The molecular formula is C21H23N3O3S3. The van der Waals surface area contributed by atoms with Crippen molar-refractivity contribution in [2.45, 2.75) is 34.9 Å². The van der Waals surface area contributed by atoms with E-state index in [1.54, 1.807) is 46.6 Å². The molecule has 0 radical (unpaired) electrons. The molecule has 1 fully saturated rings. The molecule has 0 saturated carbocycles. The second-order valence-electron chi connectivity index (χ2n) is 6.96. The highest BCUT2D eigenvalue weighted by atomic mass is 32.2. The molecule has 0 unspecified atom stereocenters. The first-order chi connectivity index (χ1) is 14.6. The van der Waals surface area contributed by atoms with Crippen molar-refractivity contribution in [2.75, 3.05) is 20.2 Å². The van der Waals surface area contributed by atoms with Crippen molar-refractivity contribution >= 4 is 33.1 Å². The predicted octanol–water partition coefficient (Wildman–Crippen LogP) is 4.68. The van der Waals surface area contributed by atoms with E-state index >= 15 is 0 Å². The molecule has 1 aliphatic rings. The third kappa shape index (κ3) is 4.85. The van der Waals surface area contributed by atoms with Crippen LogP contribution in [0.3, 0.4) is 0 Å². The number of ether oxygens (including phenoxy) is 1. The Morgan fingerprint density at radius 3 is 2.73 bits per heavy atom. The van der Waals surface area contributed by atoms with Gasteiger partial charge in [-0.1, -0.05) is 18.6 Å². The number of hydrogen-bond donors (Lipinski definition) is 0. The molecule has 3 aromatic rings. The lowest BCUT2D eigenvalue weighted by Crippen LogP contribution is -2.35. The van der Waals surface area contributed by atoms with E-state index < -0.39 is 10.0 Å². The first-order valence-corrected chi connectivity index (χ1v) is 13.0. The van der Waals surface area contributed by atoms with Gasteiger partial charge in [-0.3, -0.25) is 0 Å². The maximum absolute atomic E-state index is 12.7. The van der Waals surface area contributed by atoms with Crippen molar-refractivity contribution in [1.82, 2.24) is 14.3 Å². The summed E-state index contributed by atoms with van der Waals surface area (Å²) in [6.45, 7) is 1.19. The number of piperidine rings is 1. The molecule has 3 heterocycles. The SMILES string of the molecule is COc1cccc(-c2nc(CSc3ccc(S(=O)(=O)N4CCCCC4)cn3)cs2)c1. The van der Waals surface area contributed by atoms with Crippen LogP contribution in [0.1, 0.15) is 25.0 Å². The minimum Gasteiger partial charge on any atom is -0.497 e. The van der Waals surface area contributed by atoms with Crippen LogP contribution in [0.5, 0.6) is 5.75 Å². The van der Waals surface area contributed by atoms with Crippen LogP contribution in [-0.2, 0) is 15.8 Å². The van der Waals surface area contributed by atoms with Crippen molar-refractivity contribution in [3.63, 3.8) is 0 Å². The summed E-state index contributed by atoms with van der Waals surface area (Å²) in [5.41, 5.74) is 2.00. The summed E-state index contributed by atoms with van der Waals surface area (Å²) >= 11 is 3.14. The number of hydrogen-bond acceptors (Lipinski definition) is 7. The van der Waals surface area contributed by atoms with E-state index in [2.05, 4.69) is 4.98 Å². The van der Waals surface area contributed by atoms with Gasteiger partial charge in [0.05, 0.1) is 17.8 Å². The standard InChI is InChI=1S/C21H23N3O3S3/c1-27-18-7-5-6-16(12-18)21-23-17(15-29-21)14-28-20-9-8-19(13-22-20)30(25,26)24-10-3-2-4-11-24/h5-9,12-13,15H,2-4,10-11,14H2,1H3. The lowest BCUT2D eigenvalue weighted by Gasteiger charge is -2.25. The Labute approximate surface area is 185 Å². The minimum atomic E-state index is -3.44. The number of pyridine rings is 1. The normalized spacial score (nSPS) is 15.2. The van der Waals surface area contributed by atoms with Gasteiger partial charge in [0.15, 0.2) is 0 Å². The fourth-order valence-electron chi connectivity index (χ4n) is 3.27. The van der Waals surface area contributed by atoms with E-state index in [1.165, 1.54) is 6.20 Å². The van der Waals surface area contributed by atoms with Crippen LogP contribution >= 0.6 is 23.1 Å². The van der Waals surface area contributed by atoms with Gasteiger partial charge in [0, 0.05) is 36.0 Å². The van der Waals surface area contributed by atoms with Crippen LogP contribution in [0.4, 0.5) is 0 Å². The van der Waals surface area contributed by atoms with E-state index in [4.69, 9.17) is 9.72 Å². The monoisotopic (exact) mass is 461 g/mol. The Morgan fingerprint density at radius 1 is 1.17 bits per heavy atom. The summed E-state index contributed by atoms with van der Waals surface area (Å²) in [6.07, 6.45) is 4.41. The lowest BCUT2D eigenvalue weighted by molar-refractivity contribution is 0.346. The van der Waals surface area contributed by atoms with Gasteiger partial charge < -0.3 is 4.74 Å². The van der Waals surface area contributed by atoms with E-state index in [0.29, 0.717) is 18.8 Å². The average Bonchev–Trinajstić information content (AvgIpc) is 3.28. The molecule has 0 bridgehead atoms. The van der Waals surface area contributed by atoms with Gasteiger partial charge in [0.2, 0.25) is 10.0 Å². The zero-order valence-corrected chi connectivity index (χ0v) is 19.1. The smallest absolute Gasteiger partial charge is 0.244 e. The molecule has 30 heavy (non-hydrogen) atoms. The van der Waals surface area contributed by atoms with Gasteiger partial charge in [-0.05, 0) is 37.1 Å². The Kier molecular flexibility index (Phi) is 6.72. The van der Waals surface area contributed by atoms with E-state index in [1.807, 2.05) is 29.6 Å². The van der Waals surface area contributed by atoms with Gasteiger partial charge in [-0.25, -0.2) is 18.4 Å². The Morgan fingerprint density at radius 2 is 2.00 bits per heavy atom. The summed E-state index contributed by atoms with van der Waals surface area (Å²) in [5, 5.41) is 3.76. The lowest BCUT2D eigenvalue weighted by atomic mass is 10.2. The number of thioether (sulfide) groups is 1. The number of thiazole rings is 1. The number of benzene rings is 1. The van der Waals surface area contributed by atoms with Crippen LogP contribution in [0.15, 0.2) is 57.9 Å². The summed E-state index contributed by atoms with van der Waals surface area (Å²) < 4.78 is 32.3. The van der Waals surface area contributed by atoms with Crippen molar-refractivity contribution < 1.29 is 13.2 Å². The summed E-state index contributed by atoms with van der Waals surface area (Å²) in [5.74, 6) is 1.48. The second-order valence-corrected chi connectivity index (χ2v) is 10.8. The van der Waals surface area contributed by atoms with Crippen molar-refractivity contribution in [1.29, 1.82) is 0 Å². The highest BCUT2D eigenvalue weighted by Crippen LogP contribution is 2.29. The first kappa shape index (κ1) is 21.3. The molecule has 2 aromatic heterocycles. The Balaban J connectivity index is 1.39. The molecule has 6 nitrogen and oxygen atoms in total. The van der Waals surface area contributed by atoms with E-state index in [-0.39, 0.29) is 4.90 Å². The van der Waals surface area contributed by atoms with Gasteiger partial charge >= 0.3 is 0 Å². The molecule has 0 amide bonds. The summed E-state index contributed by atoms with van der Waals surface area (Å²) in [6, 6.07) is 11.3. The molecule has 0 N–H and O–H groups in total. The van der Waals surface area contributed by atoms with Crippen LogP contribution in [0.25, 0.3) is 10.6 Å². The van der Waals surface area contributed by atoms with Crippen molar-refractivity contribution in [3.05, 3.63) is 53.7 Å². The topological polar surface area (TPSA) is 72.4 Å². The second kappa shape index (κ2) is 9.47. The summed E-state index contributed by atoms with van der Waals surface area (Å²) in [4.78, 5) is 9.33. The molecule has 158 valence electrons. The quantitative estimate of drug-likeness (QED) is 0.476. The van der Waals surface area contributed by atoms with Crippen LogP contribution < -0.4 is 4.74 Å². The Bertz CT molecular complexity index is 1090. The molecule has 1 saturated heterocycles. The number of sulfonamides is 1. The molecule has 0 spiro atoms. The predicted molar refractivity (Wildman–Crippen MR) is 121 cm³/mol. The number of aromatic nitrogens is 2. The largest absolute Gasteiger partial charge is 0.497 e. The summed E-state index contributed by atoms with van der Waals surface area (Å²) in [7, 11) is -1.79. The number of rotatable bonds is 7. The third-order valence-corrected chi connectivity index (χ3v) is 8.70. The highest BCUT2D eigenvalue weighted by Gasteiger charge is 2.26. The molecule has 0 aliphatic carbocycles. The van der Waals surface area contributed by atoms with Gasteiger partial charge in [0.1, 0.15) is 15.7 Å². The van der Waals surface area contributed by atoms with Crippen molar-refractivity contribution in [3.8, 4) is 16.3 Å². The van der Waals surface area contributed by atoms with Gasteiger partial charge in [0.25, 0.3) is 0 Å². The van der Waals surface area contributed by atoms with Crippen LogP contribution in [-0.4, -0.2) is 42.9 Å². The molecule has 9 heteroatoms. The van der Waals surface area contributed by atoms with E-state index in [9.17, 15) is 8.42 Å². The average molecular weight is 462 g/mol. The zero-order chi connectivity index (χ0) is 21.0. The number of nitrogens with zero attached hydrogens (tertiary/aromatic N) is 3. The zero-order valence-electron chi connectivity index (χ0n) is 16.7. The van der Waals surface area contributed by atoms with Crippen molar-refractivity contribution in [2.24, 2.45) is 0 Å². The van der Waals surface area contributed by atoms with Crippen LogP contribution in [0, 0.1) is 0 Å². The van der Waals surface area contributed by atoms with Crippen LogP contribution in [0.2, 0.25) is 0 Å². The fraction of sp³-hybridized carbons (Fsp3) is 0.333. The maximum atomic E-state index is 12.7. The molecule has 0 atom stereocenters. The number of methoxy groups -OCH3 is 1. The first-order valence-electron chi connectivity index (χ1n) is 9.74. The molecular weight excluding hydrogens is 438 g/mol. The van der Waals surface area contributed by atoms with Gasteiger partial charge in [-0.2, -0.15) is 4.31 Å². The minimum absolute atomic E-state index is 0.266. The van der Waals surface area contributed by atoms with Gasteiger partial charge in [-0.15, -0.1) is 23.1 Å². The maximum Gasteiger partial charge on any atom is 0.244 e. The molecule has 4 rings (SSSR count). The Hall–Kier alpha value is -1.94. The third-order valence-electron chi connectivity index (χ3n) is 4.90. The highest BCUT2D eigenvalue weighted by molar-refractivity contribution is 7.98.